The van der Waals surface area contributed by atoms with E-state index in [1.807, 2.05) is 0 Å². The van der Waals surface area contributed by atoms with Crippen molar-refractivity contribution in [1.82, 2.24) is 29.4 Å². The zero-order valence-electron chi connectivity index (χ0n) is 27.9. The Morgan fingerprint density at radius 1 is 0.348 bits per heavy atom. The van der Waals surface area contributed by atoms with Gasteiger partial charge in [0.05, 0.1) is 17.1 Å². The second kappa shape index (κ2) is 13.7. The molecule has 6 saturated heterocycles. The topological polar surface area (TPSA) is 56.5 Å². The van der Waals surface area contributed by atoms with Crippen LogP contribution in [0.25, 0.3) is 10.8 Å². The molecule has 0 unspecified atom stereocenters. The minimum Gasteiger partial charge on any atom is -0.343 e. The molecule has 6 aliphatic rings. The molecule has 0 spiro atoms. The van der Waals surface area contributed by atoms with Gasteiger partial charge in [-0.2, -0.15) is 0 Å². The molecule has 6 heterocycles. The van der Waals surface area contributed by atoms with E-state index in [0.29, 0.717) is 0 Å². The number of hydrogen-bond acceptors (Lipinski definition) is 3. The fourth-order valence-electron chi connectivity index (χ4n) is 8.49. The van der Waals surface area contributed by atoms with Crippen LogP contribution in [0.4, 0.5) is 17.1 Å². The van der Waals surface area contributed by atoms with Crippen molar-refractivity contribution in [2.24, 2.45) is 15.0 Å². The largest absolute Gasteiger partial charge is 0.343 e. The molecule has 0 N–H and O–H groups in total. The van der Waals surface area contributed by atoms with Gasteiger partial charge in [0.15, 0.2) is 0 Å². The van der Waals surface area contributed by atoms with Crippen LogP contribution in [0.15, 0.2) is 45.3 Å². The molecular weight excluding hydrogens is 570 g/mol. The third-order valence-corrected chi connectivity index (χ3v) is 11.0. The van der Waals surface area contributed by atoms with Crippen molar-refractivity contribution in [3.8, 4) is 0 Å². The van der Waals surface area contributed by atoms with Crippen molar-refractivity contribution in [3.63, 3.8) is 0 Å². The molecule has 2 aromatic rings. The molecule has 0 aliphatic carbocycles. The fraction of sp³-hybridized carbons (Fsp3) is 0.649. The Morgan fingerprint density at radius 2 is 0.630 bits per heavy atom. The minimum atomic E-state index is 1.04. The predicted molar refractivity (Wildman–Crippen MR) is 190 cm³/mol. The van der Waals surface area contributed by atoms with Gasteiger partial charge in [-0.25, -0.2) is 15.0 Å². The van der Waals surface area contributed by atoms with Gasteiger partial charge in [0, 0.05) is 89.3 Å². The summed E-state index contributed by atoms with van der Waals surface area (Å²) in [7, 11) is 0. The van der Waals surface area contributed by atoms with Crippen molar-refractivity contribution in [2.75, 3.05) is 78.5 Å². The zero-order chi connectivity index (χ0) is 30.7. The van der Waals surface area contributed by atoms with E-state index in [9.17, 15) is 0 Å². The van der Waals surface area contributed by atoms with Crippen LogP contribution in [-0.2, 0) is 0 Å². The van der Waals surface area contributed by atoms with Crippen LogP contribution in [-0.4, -0.2) is 126 Å². The molecule has 0 radical (unpaired) electrons. The van der Waals surface area contributed by atoms with E-state index >= 15 is 0 Å². The predicted octanol–water partition coefficient (Wildman–Crippen LogP) is 6.38. The van der Waals surface area contributed by atoms with E-state index in [2.05, 4.69) is 59.7 Å². The highest BCUT2D eigenvalue weighted by molar-refractivity contribution is 6.09. The van der Waals surface area contributed by atoms with Crippen molar-refractivity contribution in [1.29, 1.82) is 0 Å². The lowest BCUT2D eigenvalue weighted by Crippen LogP contribution is -2.41. The summed E-state index contributed by atoms with van der Waals surface area (Å²) >= 11 is 0. The third kappa shape index (κ3) is 6.14. The van der Waals surface area contributed by atoms with Crippen molar-refractivity contribution >= 4 is 45.7 Å². The number of nitrogens with zero attached hydrogens (tertiary/aromatic N) is 9. The van der Waals surface area contributed by atoms with Crippen molar-refractivity contribution in [3.05, 3.63) is 30.3 Å². The van der Waals surface area contributed by atoms with Crippen LogP contribution in [0.3, 0.4) is 0 Å². The van der Waals surface area contributed by atoms with Gasteiger partial charge in [-0.05, 0) is 95.2 Å². The number of fused-ring (bicyclic) bond motifs is 1. The van der Waals surface area contributed by atoms with Crippen molar-refractivity contribution in [2.45, 2.75) is 77.0 Å². The second-order valence-electron chi connectivity index (χ2n) is 14.2. The molecule has 2 aromatic carbocycles. The standard InChI is InChI=1S/C37H53N9/c1-2-19-41(18-1)35(42-20-3-4-21-42)38-31-16-17-33(40-37(45-26-9-10-27-45)46-28-11-12-29-46)34-30(31)14-13-15-32(34)39-36(43-22-5-6-23-43)44-24-7-8-25-44/h13-17H,1-12,18-29H2. The van der Waals surface area contributed by atoms with Crippen LogP contribution >= 0.6 is 0 Å². The lowest BCUT2D eigenvalue weighted by atomic mass is 10.0. The van der Waals surface area contributed by atoms with E-state index in [1.165, 1.54) is 100 Å². The number of likely N-dealkylation sites (tertiary alicyclic amines) is 6. The number of guanidine groups is 3. The minimum absolute atomic E-state index is 1.04. The summed E-state index contributed by atoms with van der Waals surface area (Å²) in [5, 5.41) is 2.32. The van der Waals surface area contributed by atoms with Gasteiger partial charge in [0.25, 0.3) is 0 Å². The van der Waals surface area contributed by atoms with E-state index in [-0.39, 0.29) is 0 Å². The first-order valence-corrected chi connectivity index (χ1v) is 18.6. The van der Waals surface area contributed by atoms with Gasteiger partial charge in [-0.3, -0.25) is 0 Å². The van der Waals surface area contributed by atoms with Crippen LogP contribution in [0.2, 0.25) is 0 Å². The number of hydrogen-bond donors (Lipinski definition) is 0. The SMILES string of the molecule is c1cc(N=C(N2CCCC2)N2CCCC2)c2c(N=C(N3CCCC3)N3CCCC3)ccc(N=C(N3CCCC3)N3CCCC3)c2c1. The average Bonchev–Trinajstić information content (AvgIpc) is 3.92. The third-order valence-electron chi connectivity index (χ3n) is 11.0. The van der Waals surface area contributed by atoms with Crippen LogP contribution in [0.5, 0.6) is 0 Å². The maximum absolute atomic E-state index is 5.59. The molecule has 46 heavy (non-hydrogen) atoms. The maximum atomic E-state index is 5.59. The summed E-state index contributed by atoms with van der Waals surface area (Å²) in [4.78, 5) is 31.9. The van der Waals surface area contributed by atoms with Gasteiger partial charge in [0.2, 0.25) is 17.9 Å². The molecule has 0 atom stereocenters. The molecule has 9 nitrogen and oxygen atoms in total. The average molecular weight is 624 g/mol. The quantitative estimate of drug-likeness (QED) is 0.292. The summed E-state index contributed by atoms with van der Waals surface area (Å²) in [6, 6.07) is 11.2. The maximum Gasteiger partial charge on any atom is 0.201 e. The molecule has 0 saturated carbocycles. The van der Waals surface area contributed by atoms with Crippen molar-refractivity contribution < 1.29 is 0 Å². The Morgan fingerprint density at radius 3 is 0.978 bits per heavy atom. The highest BCUT2D eigenvalue weighted by Crippen LogP contribution is 2.41. The number of aliphatic imine (C=N–C) groups is 3. The highest BCUT2D eigenvalue weighted by atomic mass is 15.4. The summed E-state index contributed by atoms with van der Waals surface area (Å²) in [6.45, 7) is 13.2. The molecular formula is C37H53N9. The van der Waals surface area contributed by atoms with Crippen LogP contribution in [0.1, 0.15) is 77.0 Å². The van der Waals surface area contributed by atoms with E-state index in [0.717, 1.165) is 101 Å². The smallest absolute Gasteiger partial charge is 0.201 e. The Labute approximate surface area is 275 Å². The van der Waals surface area contributed by atoms with Gasteiger partial charge in [-0.1, -0.05) is 12.1 Å². The monoisotopic (exact) mass is 623 g/mol. The van der Waals surface area contributed by atoms with Crippen LogP contribution in [0, 0.1) is 0 Å². The highest BCUT2D eigenvalue weighted by Gasteiger charge is 2.28. The molecule has 0 bridgehead atoms. The van der Waals surface area contributed by atoms with E-state index in [4.69, 9.17) is 15.0 Å². The summed E-state index contributed by atoms with van der Waals surface area (Å²) in [5.41, 5.74) is 3.12. The Balaban J connectivity index is 1.30. The Bertz CT molecular complexity index is 1340. The Hall–Kier alpha value is -3.49. The van der Waals surface area contributed by atoms with E-state index in [1.54, 1.807) is 0 Å². The molecule has 0 amide bonds. The zero-order valence-corrected chi connectivity index (χ0v) is 27.9. The first-order chi connectivity index (χ1) is 22.8. The van der Waals surface area contributed by atoms with Crippen LogP contribution < -0.4 is 0 Å². The fourth-order valence-corrected chi connectivity index (χ4v) is 8.49. The van der Waals surface area contributed by atoms with Gasteiger partial charge in [-0.15, -0.1) is 0 Å². The lowest BCUT2D eigenvalue weighted by Gasteiger charge is -2.30. The molecule has 8 rings (SSSR count). The molecule has 246 valence electrons. The normalized spacial score (nSPS) is 21.7. The molecule has 0 aromatic heterocycles. The molecule has 6 fully saturated rings. The molecule has 6 aliphatic heterocycles. The number of rotatable bonds is 3. The first kappa shape index (κ1) is 29.9. The second-order valence-corrected chi connectivity index (χ2v) is 14.2. The lowest BCUT2D eigenvalue weighted by molar-refractivity contribution is 0.395. The van der Waals surface area contributed by atoms with Gasteiger partial charge in [0.1, 0.15) is 0 Å². The Kier molecular flexibility index (Phi) is 8.90. The molecule has 9 heteroatoms. The first-order valence-electron chi connectivity index (χ1n) is 18.6. The van der Waals surface area contributed by atoms with E-state index < -0.39 is 0 Å². The number of benzene rings is 2. The van der Waals surface area contributed by atoms with Gasteiger partial charge >= 0.3 is 0 Å². The van der Waals surface area contributed by atoms with Gasteiger partial charge < -0.3 is 29.4 Å². The summed E-state index contributed by atoms with van der Waals surface area (Å²) < 4.78 is 0. The summed E-state index contributed by atoms with van der Waals surface area (Å²) in [6.07, 6.45) is 15.0. The summed E-state index contributed by atoms with van der Waals surface area (Å²) in [5.74, 6) is 3.51.